The van der Waals surface area contributed by atoms with Crippen LogP contribution in [0, 0.1) is 5.92 Å². The predicted octanol–water partition coefficient (Wildman–Crippen LogP) is 5.55. The van der Waals surface area contributed by atoms with Crippen molar-refractivity contribution in [2.45, 2.75) is 77.3 Å². The highest BCUT2D eigenvalue weighted by Gasteiger charge is 2.39. The third kappa shape index (κ3) is 4.49. The second-order valence-corrected chi connectivity index (χ2v) is 8.23. The van der Waals surface area contributed by atoms with E-state index in [4.69, 9.17) is 0 Å². The van der Waals surface area contributed by atoms with E-state index in [0.717, 1.165) is 12.8 Å². The Bertz CT molecular complexity index is 543. The highest BCUT2D eigenvalue weighted by atomic mass is 16.2. The van der Waals surface area contributed by atoms with Gasteiger partial charge in [-0.3, -0.25) is 4.79 Å². The molecule has 1 aliphatic carbocycles. The van der Waals surface area contributed by atoms with Crippen LogP contribution >= 0.6 is 0 Å². The van der Waals surface area contributed by atoms with Crippen LogP contribution in [0.2, 0.25) is 0 Å². The molecule has 1 saturated carbocycles. The smallest absolute Gasteiger partial charge is 0.223 e. The molecule has 0 aromatic heterocycles. The summed E-state index contributed by atoms with van der Waals surface area (Å²) in [6, 6.07) is 10.7. The largest absolute Gasteiger partial charge is 0.335 e. The molecule has 24 heavy (non-hydrogen) atoms. The van der Waals surface area contributed by atoms with Gasteiger partial charge in [0.05, 0.1) is 0 Å². The zero-order chi connectivity index (χ0) is 17.7. The number of carbonyl (C=O) groups excluding carboxylic acids is 1. The molecule has 1 fully saturated rings. The van der Waals surface area contributed by atoms with Gasteiger partial charge in [-0.1, -0.05) is 49.8 Å². The van der Waals surface area contributed by atoms with E-state index in [0.29, 0.717) is 24.3 Å². The number of benzene rings is 1. The normalized spacial score (nSPS) is 22.2. The first-order valence-corrected chi connectivity index (χ1v) is 9.32. The van der Waals surface area contributed by atoms with Crippen molar-refractivity contribution in [3.05, 3.63) is 48.6 Å². The monoisotopic (exact) mass is 327 g/mol. The number of hydrogen-bond donors (Lipinski definition) is 0. The van der Waals surface area contributed by atoms with Crippen LogP contribution in [0.15, 0.2) is 43.0 Å². The number of rotatable bonds is 6. The van der Waals surface area contributed by atoms with Gasteiger partial charge in [0.25, 0.3) is 0 Å². The summed E-state index contributed by atoms with van der Waals surface area (Å²) in [5.41, 5.74) is 1.11. The molecule has 0 aliphatic heterocycles. The van der Waals surface area contributed by atoms with Gasteiger partial charge in [0.2, 0.25) is 5.91 Å². The summed E-state index contributed by atoms with van der Waals surface area (Å²) in [7, 11) is 0. The molecule has 2 heteroatoms. The summed E-state index contributed by atoms with van der Waals surface area (Å²) in [5, 5.41) is 0. The molecule has 1 aliphatic rings. The molecule has 2 rings (SSSR count). The maximum absolute atomic E-state index is 13.2. The third-order valence-corrected chi connectivity index (χ3v) is 5.26. The van der Waals surface area contributed by atoms with E-state index in [1.54, 1.807) is 0 Å². The molecule has 132 valence electrons. The summed E-state index contributed by atoms with van der Waals surface area (Å²) in [4.78, 5) is 15.4. The molecule has 1 amide bonds. The standard InChI is InChI=1S/C22H33NO/c1-6-11-19-14-10-15-20(19)23(22(3,4)5)21(24)16-17(2)18-12-8-7-9-13-18/h6-9,12-13,17,19-20H,1,10-11,14-16H2,2-5H3/t17-,19-,20-/m0/s1. The number of amides is 1. The Hall–Kier alpha value is -1.57. The average Bonchev–Trinajstić information content (AvgIpc) is 2.95. The summed E-state index contributed by atoms with van der Waals surface area (Å²) in [6.07, 6.45) is 7.17. The minimum atomic E-state index is -0.137. The van der Waals surface area contributed by atoms with Crippen LogP contribution < -0.4 is 0 Å². The Labute approximate surface area is 147 Å². The highest BCUT2D eigenvalue weighted by Crippen LogP contribution is 2.37. The lowest BCUT2D eigenvalue weighted by Gasteiger charge is -2.43. The van der Waals surface area contributed by atoms with Crippen LogP contribution in [0.25, 0.3) is 0 Å². The number of nitrogens with zero attached hydrogens (tertiary/aromatic N) is 1. The minimum Gasteiger partial charge on any atom is -0.335 e. The zero-order valence-electron chi connectivity index (χ0n) is 15.8. The van der Waals surface area contributed by atoms with Gasteiger partial charge in [-0.25, -0.2) is 0 Å². The van der Waals surface area contributed by atoms with Gasteiger partial charge in [0.1, 0.15) is 0 Å². The van der Waals surface area contributed by atoms with Gasteiger partial charge in [-0.15, -0.1) is 6.58 Å². The Balaban J connectivity index is 2.15. The molecule has 2 nitrogen and oxygen atoms in total. The molecule has 0 radical (unpaired) electrons. The van der Waals surface area contributed by atoms with E-state index in [2.05, 4.69) is 63.4 Å². The van der Waals surface area contributed by atoms with Crippen LogP contribution in [-0.2, 0) is 4.79 Å². The molecule has 1 aromatic rings. The van der Waals surface area contributed by atoms with E-state index in [9.17, 15) is 4.79 Å². The van der Waals surface area contributed by atoms with Gasteiger partial charge >= 0.3 is 0 Å². The number of allylic oxidation sites excluding steroid dienone is 1. The maximum Gasteiger partial charge on any atom is 0.223 e. The van der Waals surface area contributed by atoms with Gasteiger partial charge in [0.15, 0.2) is 0 Å². The van der Waals surface area contributed by atoms with Crippen LogP contribution in [0.1, 0.15) is 71.3 Å². The van der Waals surface area contributed by atoms with Crippen molar-refractivity contribution < 1.29 is 4.79 Å². The van der Waals surface area contributed by atoms with Crippen molar-refractivity contribution >= 4 is 5.91 Å². The second-order valence-electron chi connectivity index (χ2n) is 8.23. The van der Waals surface area contributed by atoms with Crippen molar-refractivity contribution in [3.63, 3.8) is 0 Å². The summed E-state index contributed by atoms with van der Waals surface area (Å²) in [6.45, 7) is 12.6. The molecule has 0 N–H and O–H groups in total. The summed E-state index contributed by atoms with van der Waals surface area (Å²) >= 11 is 0. The van der Waals surface area contributed by atoms with Crippen molar-refractivity contribution in [1.82, 2.24) is 4.90 Å². The minimum absolute atomic E-state index is 0.137. The topological polar surface area (TPSA) is 20.3 Å². The number of carbonyl (C=O) groups is 1. The van der Waals surface area contributed by atoms with E-state index in [1.165, 1.54) is 18.4 Å². The second kappa shape index (κ2) is 8.00. The van der Waals surface area contributed by atoms with Gasteiger partial charge in [-0.2, -0.15) is 0 Å². The van der Waals surface area contributed by atoms with Crippen molar-refractivity contribution in [1.29, 1.82) is 0 Å². The third-order valence-electron chi connectivity index (χ3n) is 5.26. The SMILES string of the molecule is C=CC[C@H]1CCC[C@@H]1N(C(=O)C[C@H](C)c1ccccc1)C(C)(C)C. The zero-order valence-corrected chi connectivity index (χ0v) is 15.8. The fourth-order valence-electron chi connectivity index (χ4n) is 4.16. The first-order valence-electron chi connectivity index (χ1n) is 9.32. The van der Waals surface area contributed by atoms with Crippen LogP contribution in [0.5, 0.6) is 0 Å². The lowest BCUT2D eigenvalue weighted by Crippen LogP contribution is -2.53. The summed E-state index contributed by atoms with van der Waals surface area (Å²) in [5.74, 6) is 1.11. The molecule has 0 saturated heterocycles. The van der Waals surface area contributed by atoms with Crippen molar-refractivity contribution in [2.24, 2.45) is 5.92 Å². The Morgan fingerprint density at radius 2 is 1.96 bits per heavy atom. The Morgan fingerprint density at radius 1 is 1.29 bits per heavy atom. The van der Waals surface area contributed by atoms with Gasteiger partial charge in [0, 0.05) is 18.0 Å². The molecule has 0 spiro atoms. The average molecular weight is 328 g/mol. The molecular formula is C22H33NO. The lowest BCUT2D eigenvalue weighted by atomic mass is 9.91. The van der Waals surface area contributed by atoms with Crippen molar-refractivity contribution in [2.75, 3.05) is 0 Å². The van der Waals surface area contributed by atoms with E-state index < -0.39 is 0 Å². The van der Waals surface area contributed by atoms with Crippen LogP contribution in [-0.4, -0.2) is 22.4 Å². The lowest BCUT2D eigenvalue weighted by molar-refractivity contribution is -0.140. The van der Waals surface area contributed by atoms with Gasteiger partial charge in [-0.05, 0) is 57.4 Å². The summed E-state index contributed by atoms with van der Waals surface area (Å²) < 4.78 is 0. The molecule has 1 aromatic carbocycles. The fourth-order valence-corrected chi connectivity index (χ4v) is 4.16. The Morgan fingerprint density at radius 3 is 2.54 bits per heavy atom. The maximum atomic E-state index is 13.2. The first-order chi connectivity index (χ1) is 11.3. The molecular weight excluding hydrogens is 294 g/mol. The predicted molar refractivity (Wildman–Crippen MR) is 102 cm³/mol. The first kappa shape index (κ1) is 18.8. The van der Waals surface area contributed by atoms with E-state index in [-0.39, 0.29) is 11.5 Å². The highest BCUT2D eigenvalue weighted by molar-refractivity contribution is 5.78. The number of hydrogen-bond acceptors (Lipinski definition) is 1. The Kier molecular flexibility index (Phi) is 6.26. The molecule has 0 unspecified atom stereocenters. The van der Waals surface area contributed by atoms with Crippen LogP contribution in [0.4, 0.5) is 0 Å². The molecule has 3 atom stereocenters. The van der Waals surface area contributed by atoms with Crippen molar-refractivity contribution in [3.8, 4) is 0 Å². The van der Waals surface area contributed by atoms with Gasteiger partial charge < -0.3 is 4.90 Å². The van der Waals surface area contributed by atoms with Crippen LogP contribution in [0.3, 0.4) is 0 Å². The molecule has 0 bridgehead atoms. The molecule has 0 heterocycles. The van der Waals surface area contributed by atoms with E-state index >= 15 is 0 Å². The fraction of sp³-hybridized carbons (Fsp3) is 0.591. The van der Waals surface area contributed by atoms with E-state index in [1.807, 2.05) is 12.1 Å². The quantitative estimate of drug-likeness (QED) is 0.627.